The van der Waals surface area contributed by atoms with Gasteiger partial charge in [-0.2, -0.15) is 0 Å². The van der Waals surface area contributed by atoms with Crippen molar-refractivity contribution < 1.29 is 4.79 Å². The highest BCUT2D eigenvalue weighted by molar-refractivity contribution is 5.83. The second-order valence-electron chi connectivity index (χ2n) is 3.36. The number of ketones is 1. The topological polar surface area (TPSA) is 20.3 Å². The van der Waals surface area contributed by atoms with E-state index in [1.807, 2.05) is 0 Å². The minimum atomic E-state index is 0.451. The second-order valence-corrected chi connectivity index (χ2v) is 3.36. The van der Waals surface area contributed by atoms with Crippen LogP contribution >= 0.6 is 0 Å². The van der Waals surface area contributed by atoms with E-state index in [2.05, 4.69) is 4.90 Å². The van der Waals surface area contributed by atoms with E-state index in [0.29, 0.717) is 11.8 Å². The van der Waals surface area contributed by atoms with E-state index in [0.717, 1.165) is 19.5 Å². The smallest absolute Gasteiger partial charge is 0.148 e. The summed E-state index contributed by atoms with van der Waals surface area (Å²) in [7, 11) is 0. The van der Waals surface area contributed by atoms with Gasteiger partial charge in [-0.1, -0.05) is 6.42 Å². The number of nitrogens with zero attached hydrogens (tertiary/aromatic N) is 1. The quantitative estimate of drug-likeness (QED) is 0.495. The van der Waals surface area contributed by atoms with Crippen LogP contribution in [-0.2, 0) is 4.79 Å². The van der Waals surface area contributed by atoms with E-state index >= 15 is 0 Å². The van der Waals surface area contributed by atoms with Crippen LogP contribution in [0.1, 0.15) is 25.7 Å². The molecule has 10 heavy (non-hydrogen) atoms. The molecule has 0 aromatic rings. The molecule has 0 amide bonds. The fraction of sp³-hybridized carbons (Fsp3) is 0.875. The van der Waals surface area contributed by atoms with Crippen molar-refractivity contribution in [3.63, 3.8) is 0 Å². The van der Waals surface area contributed by atoms with Crippen LogP contribution in [0.2, 0.25) is 0 Å². The van der Waals surface area contributed by atoms with Gasteiger partial charge in [-0.25, -0.2) is 0 Å². The van der Waals surface area contributed by atoms with Gasteiger partial charge < -0.3 is 0 Å². The van der Waals surface area contributed by atoms with E-state index in [9.17, 15) is 4.79 Å². The molecule has 2 heterocycles. The zero-order valence-electron chi connectivity index (χ0n) is 6.18. The number of carbonyl (C=O) groups is 1. The predicted octanol–water partition coefficient (Wildman–Crippen LogP) is 0.814. The molecule has 2 saturated heterocycles. The van der Waals surface area contributed by atoms with E-state index in [1.165, 1.54) is 19.3 Å². The lowest BCUT2D eigenvalue weighted by Gasteiger charge is -2.27. The molecule has 56 valence electrons. The fourth-order valence-electron chi connectivity index (χ4n) is 2.05. The van der Waals surface area contributed by atoms with Crippen LogP contribution in [0.5, 0.6) is 0 Å². The summed E-state index contributed by atoms with van der Waals surface area (Å²) in [6, 6.07) is 0.626. The first-order chi connectivity index (χ1) is 4.86. The van der Waals surface area contributed by atoms with Crippen LogP contribution < -0.4 is 0 Å². The van der Waals surface area contributed by atoms with Gasteiger partial charge in [-0.3, -0.25) is 9.69 Å². The van der Waals surface area contributed by atoms with Crippen molar-refractivity contribution in [2.75, 3.05) is 13.1 Å². The largest absolute Gasteiger partial charge is 0.298 e. The van der Waals surface area contributed by atoms with Crippen molar-refractivity contribution in [1.29, 1.82) is 0 Å². The summed E-state index contributed by atoms with van der Waals surface area (Å²) in [6.07, 6.45) is 4.71. The van der Waals surface area contributed by atoms with Gasteiger partial charge in [-0.05, 0) is 19.4 Å². The third-order valence-corrected chi connectivity index (χ3v) is 2.59. The van der Waals surface area contributed by atoms with Crippen LogP contribution in [-0.4, -0.2) is 29.8 Å². The Morgan fingerprint density at radius 1 is 1.40 bits per heavy atom. The van der Waals surface area contributed by atoms with E-state index in [-0.39, 0.29) is 0 Å². The Hall–Kier alpha value is -0.370. The number of fused-ring (bicyclic) bond motifs is 1. The number of rotatable bonds is 0. The van der Waals surface area contributed by atoms with Crippen LogP contribution in [0.3, 0.4) is 0 Å². The zero-order chi connectivity index (χ0) is 6.97. The molecular formula is C8H13NO. The third kappa shape index (κ3) is 0.966. The molecule has 0 bridgehead atoms. The summed E-state index contributed by atoms with van der Waals surface area (Å²) in [5.74, 6) is 0.451. The van der Waals surface area contributed by atoms with Gasteiger partial charge in [0.15, 0.2) is 0 Å². The highest BCUT2D eigenvalue weighted by atomic mass is 16.1. The molecule has 0 aromatic carbocycles. The lowest BCUT2D eigenvalue weighted by Crippen LogP contribution is -2.34. The Bertz CT molecular complexity index is 139. The molecule has 2 heteroatoms. The first-order valence-electron chi connectivity index (χ1n) is 4.12. The molecule has 2 fully saturated rings. The highest BCUT2D eigenvalue weighted by Gasteiger charge is 2.31. The number of hydrogen-bond acceptors (Lipinski definition) is 2. The maximum atomic E-state index is 11.0. The second kappa shape index (κ2) is 2.35. The first-order valence-corrected chi connectivity index (χ1v) is 4.12. The number of carbonyl (C=O) groups excluding carboxylic acids is 1. The molecule has 0 N–H and O–H groups in total. The monoisotopic (exact) mass is 139 g/mol. The fourth-order valence-corrected chi connectivity index (χ4v) is 2.05. The molecule has 0 aliphatic carbocycles. The van der Waals surface area contributed by atoms with Crippen molar-refractivity contribution in [2.45, 2.75) is 31.7 Å². The Morgan fingerprint density at radius 3 is 3.10 bits per heavy atom. The van der Waals surface area contributed by atoms with Gasteiger partial charge in [0, 0.05) is 12.5 Å². The molecule has 1 atom stereocenters. The molecule has 0 unspecified atom stereocenters. The van der Waals surface area contributed by atoms with Crippen molar-refractivity contribution in [3.8, 4) is 0 Å². The van der Waals surface area contributed by atoms with E-state index in [1.54, 1.807) is 0 Å². The average Bonchev–Trinajstić information content (AvgIpc) is 2.27. The van der Waals surface area contributed by atoms with Gasteiger partial charge in [0.2, 0.25) is 0 Å². The lowest BCUT2D eigenvalue weighted by atomic mass is 10.0. The summed E-state index contributed by atoms with van der Waals surface area (Å²) in [5.41, 5.74) is 0. The average molecular weight is 139 g/mol. The highest BCUT2D eigenvalue weighted by Crippen LogP contribution is 2.24. The molecule has 0 radical (unpaired) electrons. The molecular weight excluding hydrogens is 126 g/mol. The number of piperidine rings is 1. The summed E-state index contributed by atoms with van der Waals surface area (Å²) >= 11 is 0. The standard InChI is InChI=1S/C8H13NO/c10-8-5-7-3-1-2-4-9(7)6-8/h7H,1-6H2/t7-/m0/s1. The Labute approximate surface area is 61.2 Å². The molecule has 2 nitrogen and oxygen atoms in total. The molecule has 2 rings (SSSR count). The lowest BCUT2D eigenvalue weighted by molar-refractivity contribution is -0.116. The number of hydrogen-bond donors (Lipinski definition) is 0. The van der Waals surface area contributed by atoms with Crippen molar-refractivity contribution in [1.82, 2.24) is 4.90 Å². The van der Waals surface area contributed by atoms with Crippen molar-refractivity contribution >= 4 is 5.78 Å². The van der Waals surface area contributed by atoms with Crippen LogP contribution in [0.15, 0.2) is 0 Å². The maximum Gasteiger partial charge on any atom is 0.148 e. The van der Waals surface area contributed by atoms with Gasteiger partial charge in [0.1, 0.15) is 5.78 Å². The molecule has 2 aliphatic heterocycles. The first kappa shape index (κ1) is 6.35. The summed E-state index contributed by atoms with van der Waals surface area (Å²) < 4.78 is 0. The zero-order valence-corrected chi connectivity index (χ0v) is 6.18. The minimum absolute atomic E-state index is 0.451. The van der Waals surface area contributed by atoms with Crippen LogP contribution in [0.25, 0.3) is 0 Å². The minimum Gasteiger partial charge on any atom is -0.298 e. The normalized spacial score (nSPS) is 34.4. The Kier molecular flexibility index (Phi) is 1.49. The van der Waals surface area contributed by atoms with Gasteiger partial charge in [0.25, 0.3) is 0 Å². The molecule has 0 aromatic heterocycles. The Balaban J connectivity index is 2.04. The van der Waals surface area contributed by atoms with Crippen molar-refractivity contribution in [2.24, 2.45) is 0 Å². The van der Waals surface area contributed by atoms with Crippen LogP contribution in [0.4, 0.5) is 0 Å². The van der Waals surface area contributed by atoms with Gasteiger partial charge >= 0.3 is 0 Å². The third-order valence-electron chi connectivity index (χ3n) is 2.59. The molecule has 0 saturated carbocycles. The summed E-state index contributed by atoms with van der Waals surface area (Å²) in [6.45, 7) is 1.90. The maximum absolute atomic E-state index is 11.0. The molecule has 2 aliphatic rings. The van der Waals surface area contributed by atoms with Crippen molar-refractivity contribution in [3.05, 3.63) is 0 Å². The predicted molar refractivity (Wildman–Crippen MR) is 38.8 cm³/mol. The van der Waals surface area contributed by atoms with E-state index in [4.69, 9.17) is 0 Å². The Morgan fingerprint density at radius 2 is 2.30 bits per heavy atom. The summed E-state index contributed by atoms with van der Waals surface area (Å²) in [4.78, 5) is 13.3. The number of Topliss-reactive ketones (excluding diaryl/α,β-unsaturated/α-hetero) is 1. The summed E-state index contributed by atoms with van der Waals surface area (Å²) in [5, 5.41) is 0. The van der Waals surface area contributed by atoms with Crippen LogP contribution in [0, 0.1) is 0 Å². The van der Waals surface area contributed by atoms with Gasteiger partial charge in [-0.15, -0.1) is 0 Å². The molecule has 0 spiro atoms. The van der Waals surface area contributed by atoms with Gasteiger partial charge in [0.05, 0.1) is 6.54 Å². The SMILES string of the molecule is O=C1C[C@@H]2CCCCN2C1. The van der Waals surface area contributed by atoms with E-state index < -0.39 is 0 Å².